The molecular formula is C13H29N. The van der Waals surface area contributed by atoms with Crippen LogP contribution in [0.2, 0.25) is 0 Å². The molecule has 0 fully saturated rings. The lowest BCUT2D eigenvalue weighted by Gasteiger charge is -2.30. The molecule has 0 aromatic rings. The zero-order chi connectivity index (χ0) is 11.3. The molecule has 0 aromatic carbocycles. The minimum Gasteiger partial charge on any atom is -0.304 e. The van der Waals surface area contributed by atoms with Gasteiger partial charge in [0.05, 0.1) is 0 Å². The third kappa shape index (κ3) is 5.64. The van der Waals surface area contributed by atoms with Gasteiger partial charge in [-0.1, -0.05) is 27.7 Å². The fourth-order valence-corrected chi connectivity index (χ4v) is 1.74. The van der Waals surface area contributed by atoms with Gasteiger partial charge in [0, 0.05) is 12.6 Å². The van der Waals surface area contributed by atoms with Crippen molar-refractivity contribution in [1.29, 1.82) is 0 Å². The largest absolute Gasteiger partial charge is 0.304 e. The van der Waals surface area contributed by atoms with Gasteiger partial charge in [0.1, 0.15) is 0 Å². The highest BCUT2D eigenvalue weighted by Gasteiger charge is 2.17. The Labute approximate surface area is 90.9 Å². The summed E-state index contributed by atoms with van der Waals surface area (Å²) in [6.45, 7) is 15.1. The molecule has 0 rings (SSSR count). The van der Waals surface area contributed by atoms with Gasteiger partial charge in [-0.15, -0.1) is 0 Å². The second-order valence-corrected chi connectivity index (χ2v) is 5.67. The molecule has 1 heteroatoms. The van der Waals surface area contributed by atoms with Crippen LogP contribution in [0.4, 0.5) is 0 Å². The summed E-state index contributed by atoms with van der Waals surface area (Å²) >= 11 is 0. The normalized spacial score (nSPS) is 14.8. The molecule has 86 valence electrons. The van der Waals surface area contributed by atoms with E-state index in [2.05, 4.69) is 53.5 Å². The van der Waals surface area contributed by atoms with Crippen molar-refractivity contribution in [2.24, 2.45) is 17.8 Å². The van der Waals surface area contributed by atoms with Crippen molar-refractivity contribution in [2.75, 3.05) is 13.6 Å². The number of rotatable bonds is 6. The van der Waals surface area contributed by atoms with Gasteiger partial charge >= 0.3 is 0 Å². The average Bonchev–Trinajstić information content (AvgIpc) is 2.01. The maximum Gasteiger partial charge on any atom is 0.00356 e. The van der Waals surface area contributed by atoms with Crippen LogP contribution in [0.1, 0.15) is 48.0 Å². The predicted octanol–water partition coefficient (Wildman–Crippen LogP) is 3.64. The molecule has 0 saturated heterocycles. The highest BCUT2D eigenvalue weighted by atomic mass is 15.1. The standard InChI is InChI=1S/C13H29N/c1-10(2)8-13(11(3)4)9-14(7)12(5)6/h10-13H,8-9H2,1-7H3. The molecule has 0 radical (unpaired) electrons. The Hall–Kier alpha value is -0.0400. The van der Waals surface area contributed by atoms with Gasteiger partial charge < -0.3 is 4.90 Å². The highest BCUT2D eigenvalue weighted by molar-refractivity contribution is 4.70. The minimum atomic E-state index is 0.670. The molecule has 0 aliphatic heterocycles. The molecule has 14 heavy (non-hydrogen) atoms. The summed E-state index contributed by atoms with van der Waals surface area (Å²) in [6, 6.07) is 0.670. The average molecular weight is 199 g/mol. The zero-order valence-electron chi connectivity index (χ0n) is 11.2. The summed E-state index contributed by atoms with van der Waals surface area (Å²) in [4.78, 5) is 2.47. The van der Waals surface area contributed by atoms with E-state index in [1.807, 2.05) is 0 Å². The van der Waals surface area contributed by atoms with Crippen LogP contribution in [-0.4, -0.2) is 24.5 Å². The molecule has 0 saturated carbocycles. The summed E-state index contributed by atoms with van der Waals surface area (Å²) in [7, 11) is 2.24. The van der Waals surface area contributed by atoms with Gasteiger partial charge in [-0.3, -0.25) is 0 Å². The van der Waals surface area contributed by atoms with E-state index in [0.29, 0.717) is 6.04 Å². The Morgan fingerprint density at radius 2 is 1.43 bits per heavy atom. The van der Waals surface area contributed by atoms with Crippen LogP contribution in [0.25, 0.3) is 0 Å². The molecule has 1 unspecified atom stereocenters. The fourth-order valence-electron chi connectivity index (χ4n) is 1.74. The van der Waals surface area contributed by atoms with Crippen molar-refractivity contribution in [3.8, 4) is 0 Å². The summed E-state index contributed by atoms with van der Waals surface area (Å²) in [5, 5.41) is 0. The first-order chi connectivity index (χ1) is 6.34. The molecule has 0 N–H and O–H groups in total. The molecule has 0 bridgehead atoms. The summed E-state index contributed by atoms with van der Waals surface area (Å²) < 4.78 is 0. The molecule has 0 aromatic heterocycles. The lowest BCUT2D eigenvalue weighted by Crippen LogP contribution is -2.34. The van der Waals surface area contributed by atoms with Crippen LogP contribution >= 0.6 is 0 Å². The molecule has 0 spiro atoms. The van der Waals surface area contributed by atoms with Gasteiger partial charge in [-0.25, -0.2) is 0 Å². The van der Waals surface area contributed by atoms with E-state index in [0.717, 1.165) is 17.8 Å². The monoisotopic (exact) mass is 199 g/mol. The SMILES string of the molecule is CC(C)CC(CN(C)C(C)C)C(C)C. The van der Waals surface area contributed by atoms with E-state index < -0.39 is 0 Å². The van der Waals surface area contributed by atoms with Gasteiger partial charge in [0.2, 0.25) is 0 Å². The number of hydrogen-bond acceptors (Lipinski definition) is 1. The minimum absolute atomic E-state index is 0.670. The second-order valence-electron chi connectivity index (χ2n) is 5.67. The second kappa shape index (κ2) is 6.44. The van der Waals surface area contributed by atoms with Gasteiger partial charge in [-0.2, -0.15) is 0 Å². The Morgan fingerprint density at radius 1 is 0.929 bits per heavy atom. The maximum atomic E-state index is 2.47. The smallest absolute Gasteiger partial charge is 0.00356 e. The molecule has 1 nitrogen and oxygen atoms in total. The maximum absolute atomic E-state index is 2.47. The van der Waals surface area contributed by atoms with Crippen molar-refractivity contribution in [3.63, 3.8) is 0 Å². The van der Waals surface area contributed by atoms with Crippen molar-refractivity contribution in [1.82, 2.24) is 4.90 Å². The van der Waals surface area contributed by atoms with Crippen LogP contribution in [-0.2, 0) is 0 Å². The van der Waals surface area contributed by atoms with Crippen molar-refractivity contribution in [3.05, 3.63) is 0 Å². The first-order valence-electron chi connectivity index (χ1n) is 6.04. The lowest BCUT2D eigenvalue weighted by molar-refractivity contribution is 0.181. The molecule has 0 aliphatic rings. The molecule has 0 amide bonds. The Kier molecular flexibility index (Phi) is 6.43. The number of hydrogen-bond donors (Lipinski definition) is 0. The molecular weight excluding hydrogens is 170 g/mol. The van der Waals surface area contributed by atoms with E-state index in [9.17, 15) is 0 Å². The van der Waals surface area contributed by atoms with E-state index in [4.69, 9.17) is 0 Å². The highest BCUT2D eigenvalue weighted by Crippen LogP contribution is 2.21. The first-order valence-corrected chi connectivity index (χ1v) is 6.04. The van der Waals surface area contributed by atoms with Crippen molar-refractivity contribution in [2.45, 2.75) is 54.0 Å². The third-order valence-electron chi connectivity index (χ3n) is 3.12. The van der Waals surface area contributed by atoms with Gasteiger partial charge in [0.25, 0.3) is 0 Å². The third-order valence-corrected chi connectivity index (χ3v) is 3.12. The molecule has 0 heterocycles. The topological polar surface area (TPSA) is 3.24 Å². The van der Waals surface area contributed by atoms with Gasteiger partial charge in [0.15, 0.2) is 0 Å². The first kappa shape index (κ1) is 14.0. The predicted molar refractivity (Wildman–Crippen MR) is 65.5 cm³/mol. The van der Waals surface area contributed by atoms with Crippen LogP contribution in [0.3, 0.4) is 0 Å². The summed E-state index contributed by atoms with van der Waals surface area (Å²) in [5.41, 5.74) is 0. The van der Waals surface area contributed by atoms with E-state index in [1.54, 1.807) is 0 Å². The van der Waals surface area contributed by atoms with E-state index >= 15 is 0 Å². The Morgan fingerprint density at radius 3 is 1.71 bits per heavy atom. The van der Waals surface area contributed by atoms with E-state index in [1.165, 1.54) is 13.0 Å². The number of nitrogens with zero attached hydrogens (tertiary/aromatic N) is 1. The van der Waals surface area contributed by atoms with Crippen LogP contribution in [0.15, 0.2) is 0 Å². The molecule has 1 atom stereocenters. The fraction of sp³-hybridized carbons (Fsp3) is 1.00. The summed E-state index contributed by atoms with van der Waals surface area (Å²) in [5.74, 6) is 2.48. The van der Waals surface area contributed by atoms with Crippen LogP contribution in [0.5, 0.6) is 0 Å². The summed E-state index contributed by atoms with van der Waals surface area (Å²) in [6.07, 6.45) is 1.36. The van der Waals surface area contributed by atoms with Crippen molar-refractivity contribution >= 4 is 0 Å². The zero-order valence-corrected chi connectivity index (χ0v) is 11.2. The Balaban J connectivity index is 4.09. The van der Waals surface area contributed by atoms with Crippen LogP contribution in [0, 0.1) is 17.8 Å². The quantitative estimate of drug-likeness (QED) is 0.631. The van der Waals surface area contributed by atoms with E-state index in [-0.39, 0.29) is 0 Å². The Bertz CT molecular complexity index is 138. The lowest BCUT2D eigenvalue weighted by atomic mass is 9.87. The molecule has 0 aliphatic carbocycles. The van der Waals surface area contributed by atoms with Crippen LogP contribution < -0.4 is 0 Å². The van der Waals surface area contributed by atoms with Gasteiger partial charge in [-0.05, 0) is 45.1 Å². The van der Waals surface area contributed by atoms with Crippen molar-refractivity contribution < 1.29 is 0 Å².